The zero-order valence-electron chi connectivity index (χ0n) is 21.5. The molecule has 0 amide bonds. The van der Waals surface area contributed by atoms with Gasteiger partial charge in [-0.25, -0.2) is 4.79 Å². The molecule has 0 radical (unpaired) electrons. The van der Waals surface area contributed by atoms with Crippen molar-refractivity contribution in [2.45, 2.75) is 70.3 Å². The summed E-state index contributed by atoms with van der Waals surface area (Å²) >= 11 is 0. The van der Waals surface area contributed by atoms with E-state index in [9.17, 15) is 9.90 Å². The Morgan fingerprint density at radius 1 is 0.806 bits per heavy atom. The number of benzene rings is 3. The zero-order chi connectivity index (χ0) is 25.4. The van der Waals surface area contributed by atoms with Crippen molar-refractivity contribution >= 4 is 5.97 Å². The first-order valence-corrected chi connectivity index (χ1v) is 13.3. The maximum atomic E-state index is 12.0. The highest BCUT2D eigenvalue weighted by molar-refractivity contribution is 5.79. The normalized spacial score (nSPS) is 14.2. The van der Waals surface area contributed by atoms with Crippen molar-refractivity contribution in [3.05, 3.63) is 89.5 Å². The number of rotatable bonds is 14. The fourth-order valence-corrected chi connectivity index (χ4v) is 5.17. The Balaban J connectivity index is 1.29. The van der Waals surface area contributed by atoms with Crippen LogP contribution in [0.15, 0.2) is 72.8 Å². The lowest BCUT2D eigenvalue weighted by Gasteiger charge is -2.26. The first-order valence-electron chi connectivity index (χ1n) is 13.3. The smallest absolute Gasteiger partial charge is 0.340 e. The van der Waals surface area contributed by atoms with Gasteiger partial charge in [0, 0.05) is 12.5 Å². The van der Waals surface area contributed by atoms with E-state index in [4.69, 9.17) is 9.47 Å². The van der Waals surface area contributed by atoms with E-state index >= 15 is 0 Å². The third-order valence-corrected chi connectivity index (χ3v) is 7.32. The average molecular weight is 487 g/mol. The van der Waals surface area contributed by atoms with Gasteiger partial charge in [-0.15, -0.1) is 0 Å². The number of unbranched alkanes of at least 4 members (excludes halogenated alkanes) is 4. The van der Waals surface area contributed by atoms with E-state index in [-0.39, 0.29) is 0 Å². The van der Waals surface area contributed by atoms with Crippen LogP contribution in [-0.4, -0.2) is 24.3 Å². The zero-order valence-corrected chi connectivity index (χ0v) is 21.5. The second kappa shape index (κ2) is 12.2. The average Bonchev–Trinajstić information content (AvgIpc) is 3.22. The van der Waals surface area contributed by atoms with Crippen molar-refractivity contribution in [2.75, 3.05) is 13.2 Å². The molecule has 190 valence electrons. The molecule has 0 aromatic heterocycles. The molecule has 3 aromatic rings. The van der Waals surface area contributed by atoms with Crippen LogP contribution in [0.5, 0.6) is 5.75 Å². The maximum Gasteiger partial charge on any atom is 0.340 e. The van der Waals surface area contributed by atoms with Gasteiger partial charge in [-0.1, -0.05) is 93.3 Å². The lowest BCUT2D eigenvalue weighted by atomic mass is 9.92. The summed E-state index contributed by atoms with van der Waals surface area (Å²) in [4.78, 5) is 12.0. The molecule has 0 fully saturated rings. The number of aliphatic carboxylic acids is 1. The molecule has 3 aromatic carbocycles. The Morgan fingerprint density at radius 2 is 1.42 bits per heavy atom. The Morgan fingerprint density at radius 3 is 2.03 bits per heavy atom. The molecule has 1 aliphatic rings. The van der Waals surface area contributed by atoms with Crippen LogP contribution >= 0.6 is 0 Å². The number of hydrogen-bond donors (Lipinski definition) is 1. The van der Waals surface area contributed by atoms with Crippen LogP contribution in [0, 0.1) is 0 Å². The molecule has 1 unspecified atom stereocenters. The Labute approximate surface area is 215 Å². The van der Waals surface area contributed by atoms with Crippen LogP contribution in [0.2, 0.25) is 0 Å². The fraction of sp³-hybridized carbons (Fsp3) is 0.406. The van der Waals surface area contributed by atoms with E-state index in [0.717, 1.165) is 37.9 Å². The lowest BCUT2D eigenvalue weighted by molar-refractivity contribution is -0.165. The number of carbonyl (C=O) groups is 1. The number of hydrogen-bond acceptors (Lipinski definition) is 3. The summed E-state index contributed by atoms with van der Waals surface area (Å²) in [5.41, 5.74) is 4.78. The molecule has 0 saturated heterocycles. The summed E-state index contributed by atoms with van der Waals surface area (Å²) in [5.74, 6) is 0.180. The first-order chi connectivity index (χ1) is 17.5. The molecule has 0 heterocycles. The van der Waals surface area contributed by atoms with Gasteiger partial charge in [-0.3, -0.25) is 0 Å². The van der Waals surface area contributed by atoms with Gasteiger partial charge in [0.05, 0.1) is 6.61 Å². The molecule has 1 N–H and O–H groups in total. The fourth-order valence-electron chi connectivity index (χ4n) is 5.17. The number of carboxylic acids is 1. The van der Waals surface area contributed by atoms with E-state index in [1.54, 1.807) is 6.92 Å². The molecule has 0 spiro atoms. The largest absolute Gasteiger partial charge is 0.494 e. The topological polar surface area (TPSA) is 55.8 Å². The number of fused-ring (bicyclic) bond motifs is 3. The second-order valence-corrected chi connectivity index (χ2v) is 9.84. The summed E-state index contributed by atoms with van der Waals surface area (Å²) in [6, 6.07) is 24.7. The van der Waals surface area contributed by atoms with Crippen LogP contribution in [0.4, 0.5) is 0 Å². The molecular formula is C32H38O4. The van der Waals surface area contributed by atoms with Crippen molar-refractivity contribution < 1.29 is 19.4 Å². The first kappa shape index (κ1) is 26.0. The SMILES string of the molecule is CCCCCCCOC(C)(C(=O)O)c1ccc(OCCCC2c3ccccc3-c3ccccc32)cc1. The second-order valence-electron chi connectivity index (χ2n) is 9.84. The molecule has 0 saturated carbocycles. The van der Waals surface area contributed by atoms with Crippen molar-refractivity contribution in [3.8, 4) is 16.9 Å². The van der Waals surface area contributed by atoms with Gasteiger partial charge in [-0.05, 0) is 66.1 Å². The molecule has 4 heteroatoms. The third kappa shape index (κ3) is 5.82. The number of carboxylic acid groups (broad SMARTS) is 1. The van der Waals surface area contributed by atoms with E-state index in [2.05, 4.69) is 55.5 Å². The maximum absolute atomic E-state index is 12.0. The minimum Gasteiger partial charge on any atom is -0.494 e. The standard InChI is InChI=1S/C32H38O4/c1-3-4-5-6-11-23-36-32(2,31(33)34)24-18-20-25(21-19-24)35-22-12-17-30-28-15-9-7-13-26(28)27-14-8-10-16-29(27)30/h7-10,13-16,18-21,30H,3-6,11-12,17,22-23H2,1-2H3,(H,33,34). The highest BCUT2D eigenvalue weighted by Crippen LogP contribution is 2.46. The molecular weight excluding hydrogens is 448 g/mol. The molecule has 4 rings (SSSR count). The third-order valence-electron chi connectivity index (χ3n) is 7.32. The van der Waals surface area contributed by atoms with Gasteiger partial charge in [-0.2, -0.15) is 0 Å². The van der Waals surface area contributed by atoms with Crippen LogP contribution in [-0.2, 0) is 15.1 Å². The van der Waals surface area contributed by atoms with Crippen molar-refractivity contribution in [2.24, 2.45) is 0 Å². The minimum atomic E-state index is -1.35. The Kier molecular flexibility index (Phi) is 8.82. The summed E-state index contributed by atoms with van der Waals surface area (Å²) < 4.78 is 11.9. The van der Waals surface area contributed by atoms with Gasteiger partial charge < -0.3 is 14.6 Å². The van der Waals surface area contributed by atoms with Crippen molar-refractivity contribution in [3.63, 3.8) is 0 Å². The highest BCUT2D eigenvalue weighted by Gasteiger charge is 2.36. The monoisotopic (exact) mass is 486 g/mol. The van der Waals surface area contributed by atoms with E-state index in [1.807, 2.05) is 24.3 Å². The minimum absolute atomic E-state index is 0.402. The van der Waals surface area contributed by atoms with Gasteiger partial charge >= 0.3 is 5.97 Å². The van der Waals surface area contributed by atoms with Crippen LogP contribution in [0.1, 0.15) is 81.4 Å². The molecule has 0 bridgehead atoms. The quantitative estimate of drug-likeness (QED) is 0.235. The van der Waals surface area contributed by atoms with Gasteiger partial charge in [0.25, 0.3) is 0 Å². The van der Waals surface area contributed by atoms with Crippen LogP contribution in [0.3, 0.4) is 0 Å². The van der Waals surface area contributed by atoms with E-state index in [1.165, 1.54) is 35.1 Å². The molecule has 1 aliphatic carbocycles. The molecule has 4 nitrogen and oxygen atoms in total. The van der Waals surface area contributed by atoms with Crippen molar-refractivity contribution in [1.29, 1.82) is 0 Å². The Bertz CT molecular complexity index is 1090. The van der Waals surface area contributed by atoms with Crippen molar-refractivity contribution in [1.82, 2.24) is 0 Å². The predicted octanol–water partition coefficient (Wildman–Crippen LogP) is 7.94. The summed E-state index contributed by atoms with van der Waals surface area (Å²) in [6.45, 7) is 4.87. The molecule has 1 atom stereocenters. The molecule has 36 heavy (non-hydrogen) atoms. The summed E-state index contributed by atoms with van der Waals surface area (Å²) in [5, 5.41) is 9.86. The predicted molar refractivity (Wildman–Crippen MR) is 145 cm³/mol. The van der Waals surface area contributed by atoms with Crippen LogP contribution in [0.25, 0.3) is 11.1 Å². The highest BCUT2D eigenvalue weighted by atomic mass is 16.5. The summed E-state index contributed by atoms with van der Waals surface area (Å²) in [6.07, 6.45) is 7.45. The van der Waals surface area contributed by atoms with Gasteiger partial charge in [0.2, 0.25) is 0 Å². The molecule has 0 aliphatic heterocycles. The van der Waals surface area contributed by atoms with Crippen LogP contribution < -0.4 is 4.74 Å². The van der Waals surface area contributed by atoms with E-state index < -0.39 is 11.6 Å². The lowest BCUT2D eigenvalue weighted by Crippen LogP contribution is -2.35. The van der Waals surface area contributed by atoms with E-state index in [0.29, 0.717) is 24.7 Å². The van der Waals surface area contributed by atoms with Gasteiger partial charge in [0.1, 0.15) is 5.75 Å². The number of ether oxygens (including phenoxy) is 2. The van der Waals surface area contributed by atoms with Gasteiger partial charge in [0.15, 0.2) is 5.60 Å². The Hall–Kier alpha value is -3.11. The summed E-state index contributed by atoms with van der Waals surface area (Å²) in [7, 11) is 0.